The summed E-state index contributed by atoms with van der Waals surface area (Å²) in [6.07, 6.45) is 16.9. The van der Waals surface area contributed by atoms with E-state index >= 15 is 0 Å². The van der Waals surface area contributed by atoms with Gasteiger partial charge in [-0.25, -0.2) is 0 Å². The molecule has 2 nitrogen and oxygen atoms in total. The Balaban J connectivity index is 1.57. The molecule has 2 N–H and O–H groups in total. The van der Waals surface area contributed by atoms with Gasteiger partial charge in [0.15, 0.2) is 0 Å². The quantitative estimate of drug-likeness (QED) is 0.719. The molecule has 3 rings (SSSR count). The van der Waals surface area contributed by atoms with Crippen molar-refractivity contribution in [1.82, 2.24) is 0 Å². The molecule has 2 saturated carbocycles. The molecule has 1 heterocycles. The Hall–Kier alpha value is -0.340. The van der Waals surface area contributed by atoms with E-state index in [-0.39, 0.29) is 5.60 Å². The van der Waals surface area contributed by atoms with Crippen LogP contribution in [-0.2, 0) is 4.74 Å². The monoisotopic (exact) mass is 249 g/mol. The van der Waals surface area contributed by atoms with Crippen LogP contribution in [0.5, 0.6) is 0 Å². The predicted octanol–water partition coefficient (Wildman–Crippen LogP) is 3.70. The van der Waals surface area contributed by atoms with E-state index in [2.05, 4.69) is 6.08 Å². The first-order valence-corrected chi connectivity index (χ1v) is 7.89. The average Bonchev–Trinajstić information content (AvgIpc) is 2.76. The van der Waals surface area contributed by atoms with Gasteiger partial charge in [-0.15, -0.1) is 0 Å². The van der Waals surface area contributed by atoms with Gasteiger partial charge in [-0.05, 0) is 51.4 Å². The minimum absolute atomic E-state index is 0.269. The molecular formula is C16H27NO. The van der Waals surface area contributed by atoms with E-state index in [1.54, 1.807) is 5.57 Å². The lowest BCUT2D eigenvalue weighted by molar-refractivity contribution is -0.0484. The Labute approximate surface area is 111 Å². The van der Waals surface area contributed by atoms with Crippen molar-refractivity contribution in [2.75, 3.05) is 0 Å². The molecule has 2 aliphatic carbocycles. The third kappa shape index (κ3) is 2.80. The van der Waals surface area contributed by atoms with E-state index in [9.17, 15) is 0 Å². The van der Waals surface area contributed by atoms with Crippen molar-refractivity contribution in [2.45, 2.75) is 88.4 Å². The fourth-order valence-corrected chi connectivity index (χ4v) is 3.97. The molecule has 0 aromatic rings. The van der Waals surface area contributed by atoms with Crippen LogP contribution in [0.4, 0.5) is 0 Å². The fourth-order valence-electron chi connectivity index (χ4n) is 3.97. The van der Waals surface area contributed by atoms with Crippen molar-refractivity contribution in [3.8, 4) is 0 Å². The van der Waals surface area contributed by atoms with E-state index < -0.39 is 0 Å². The summed E-state index contributed by atoms with van der Waals surface area (Å²) in [6, 6.07) is 0.441. The van der Waals surface area contributed by atoms with Crippen LogP contribution in [0.2, 0.25) is 0 Å². The van der Waals surface area contributed by atoms with Gasteiger partial charge < -0.3 is 10.5 Å². The summed E-state index contributed by atoms with van der Waals surface area (Å²) < 4.78 is 6.41. The Morgan fingerprint density at radius 3 is 2.44 bits per heavy atom. The smallest absolute Gasteiger partial charge is 0.0767 e. The lowest BCUT2D eigenvalue weighted by atomic mass is 9.83. The number of hydrogen-bond acceptors (Lipinski definition) is 2. The molecule has 1 unspecified atom stereocenters. The van der Waals surface area contributed by atoms with Crippen molar-refractivity contribution in [3.63, 3.8) is 0 Å². The van der Waals surface area contributed by atoms with Gasteiger partial charge in [-0.3, -0.25) is 0 Å². The lowest BCUT2D eigenvalue weighted by Crippen LogP contribution is -2.31. The molecule has 3 fully saturated rings. The summed E-state index contributed by atoms with van der Waals surface area (Å²) in [7, 11) is 0. The highest BCUT2D eigenvalue weighted by atomic mass is 16.5. The van der Waals surface area contributed by atoms with E-state index in [4.69, 9.17) is 10.5 Å². The van der Waals surface area contributed by atoms with E-state index in [0.29, 0.717) is 12.1 Å². The predicted molar refractivity (Wildman–Crippen MR) is 74.4 cm³/mol. The molecule has 3 aliphatic rings. The van der Waals surface area contributed by atoms with Gasteiger partial charge in [-0.1, -0.05) is 30.9 Å². The lowest BCUT2D eigenvalue weighted by Gasteiger charge is -2.33. The van der Waals surface area contributed by atoms with Crippen LogP contribution >= 0.6 is 0 Å². The largest absolute Gasteiger partial charge is 0.368 e. The highest BCUT2D eigenvalue weighted by molar-refractivity contribution is 5.11. The Kier molecular flexibility index (Phi) is 3.76. The second kappa shape index (κ2) is 5.34. The van der Waals surface area contributed by atoms with Gasteiger partial charge in [0.2, 0.25) is 0 Å². The molecular weight excluding hydrogens is 222 g/mol. The number of rotatable bonds is 1. The zero-order valence-corrected chi connectivity index (χ0v) is 11.5. The summed E-state index contributed by atoms with van der Waals surface area (Å²) in [6.45, 7) is 0. The third-order valence-corrected chi connectivity index (χ3v) is 5.14. The molecule has 102 valence electrons. The van der Waals surface area contributed by atoms with Crippen molar-refractivity contribution < 1.29 is 4.74 Å². The number of ether oxygens (including phenoxy) is 1. The van der Waals surface area contributed by atoms with Crippen molar-refractivity contribution in [3.05, 3.63) is 11.6 Å². The van der Waals surface area contributed by atoms with E-state index in [0.717, 1.165) is 0 Å². The zero-order valence-electron chi connectivity index (χ0n) is 11.5. The molecule has 0 radical (unpaired) electrons. The van der Waals surface area contributed by atoms with Crippen LogP contribution in [-0.4, -0.2) is 17.7 Å². The number of hydrogen-bond donors (Lipinski definition) is 1. The molecule has 0 bridgehead atoms. The summed E-state index contributed by atoms with van der Waals surface area (Å²) in [5.41, 5.74) is 7.83. The standard InChI is InChI=1S/C16H27NO/c17-14-6-4-13(5-7-14)12-15-8-11-16(18-15)9-2-1-3-10-16/h12,14-15H,1-11,17H2. The summed E-state index contributed by atoms with van der Waals surface area (Å²) in [4.78, 5) is 0. The Bertz CT molecular complexity index is 307. The highest BCUT2D eigenvalue weighted by Gasteiger charge is 2.40. The van der Waals surface area contributed by atoms with Gasteiger partial charge in [0.25, 0.3) is 0 Å². The normalized spacial score (nSPS) is 35.9. The first kappa shape index (κ1) is 12.7. The van der Waals surface area contributed by atoms with E-state index in [1.165, 1.54) is 70.6 Å². The van der Waals surface area contributed by atoms with Crippen LogP contribution < -0.4 is 5.73 Å². The summed E-state index contributed by atoms with van der Waals surface area (Å²) >= 11 is 0. The molecule has 1 saturated heterocycles. The maximum atomic E-state index is 6.41. The van der Waals surface area contributed by atoms with E-state index in [1.807, 2.05) is 0 Å². The molecule has 0 amide bonds. The van der Waals surface area contributed by atoms with Gasteiger partial charge in [0.1, 0.15) is 0 Å². The van der Waals surface area contributed by atoms with Crippen molar-refractivity contribution in [1.29, 1.82) is 0 Å². The van der Waals surface area contributed by atoms with Gasteiger partial charge >= 0.3 is 0 Å². The third-order valence-electron chi connectivity index (χ3n) is 5.14. The average molecular weight is 249 g/mol. The molecule has 0 aromatic carbocycles. The van der Waals surface area contributed by atoms with Gasteiger partial charge in [-0.2, -0.15) is 0 Å². The highest BCUT2D eigenvalue weighted by Crippen LogP contribution is 2.42. The second-order valence-electron chi connectivity index (χ2n) is 6.60. The topological polar surface area (TPSA) is 35.2 Å². The number of allylic oxidation sites excluding steroid dienone is 1. The number of nitrogens with two attached hydrogens (primary N) is 1. The molecule has 2 heteroatoms. The van der Waals surface area contributed by atoms with Crippen molar-refractivity contribution >= 4 is 0 Å². The van der Waals surface area contributed by atoms with Crippen molar-refractivity contribution in [2.24, 2.45) is 5.73 Å². The maximum Gasteiger partial charge on any atom is 0.0767 e. The molecule has 1 atom stereocenters. The SMILES string of the molecule is NC1CCC(=CC2CCC3(CCCCC3)O2)CC1. The van der Waals surface area contributed by atoms with Gasteiger partial charge in [0, 0.05) is 6.04 Å². The summed E-state index contributed by atoms with van der Waals surface area (Å²) in [5, 5.41) is 0. The zero-order chi connectivity index (χ0) is 12.4. The van der Waals surface area contributed by atoms with Gasteiger partial charge in [0.05, 0.1) is 11.7 Å². The Morgan fingerprint density at radius 1 is 1.00 bits per heavy atom. The fraction of sp³-hybridized carbons (Fsp3) is 0.875. The molecule has 1 spiro atoms. The second-order valence-corrected chi connectivity index (χ2v) is 6.60. The van der Waals surface area contributed by atoms with Crippen LogP contribution in [0.25, 0.3) is 0 Å². The minimum Gasteiger partial charge on any atom is -0.368 e. The maximum absolute atomic E-state index is 6.41. The molecule has 1 aliphatic heterocycles. The first-order valence-electron chi connectivity index (χ1n) is 7.89. The first-order chi connectivity index (χ1) is 8.76. The Morgan fingerprint density at radius 2 is 1.72 bits per heavy atom. The molecule has 18 heavy (non-hydrogen) atoms. The van der Waals surface area contributed by atoms with Crippen LogP contribution in [0.3, 0.4) is 0 Å². The van der Waals surface area contributed by atoms with Crippen LogP contribution in [0.1, 0.15) is 70.6 Å². The molecule has 0 aromatic heterocycles. The van der Waals surface area contributed by atoms with Crippen LogP contribution in [0.15, 0.2) is 11.6 Å². The minimum atomic E-state index is 0.269. The summed E-state index contributed by atoms with van der Waals surface area (Å²) in [5.74, 6) is 0. The van der Waals surface area contributed by atoms with Crippen LogP contribution in [0, 0.1) is 0 Å².